The topological polar surface area (TPSA) is 56.8 Å². The quantitative estimate of drug-likeness (QED) is 0.752. The Morgan fingerprint density at radius 2 is 2.06 bits per heavy atom. The van der Waals surface area contributed by atoms with E-state index in [1.807, 2.05) is 19.1 Å². The van der Waals surface area contributed by atoms with Crippen LogP contribution in [0, 0.1) is 0 Å². The summed E-state index contributed by atoms with van der Waals surface area (Å²) in [5.74, 6) is 0.639. The smallest absolute Gasteiger partial charge is 0.275 e. The first kappa shape index (κ1) is 12.9. The Bertz CT molecular complexity index is 412. The fourth-order valence-corrected chi connectivity index (χ4v) is 2.27. The van der Waals surface area contributed by atoms with Gasteiger partial charge in [0.15, 0.2) is 6.04 Å². The Morgan fingerprint density at radius 3 is 2.50 bits per heavy atom. The highest BCUT2D eigenvalue weighted by Gasteiger charge is 2.38. The van der Waals surface area contributed by atoms with Crippen molar-refractivity contribution >= 4 is 5.91 Å². The summed E-state index contributed by atoms with van der Waals surface area (Å²) >= 11 is 0. The zero-order valence-electron chi connectivity index (χ0n) is 11.0. The number of amides is 1. The molecule has 4 heteroatoms. The minimum absolute atomic E-state index is 0.125. The fourth-order valence-electron chi connectivity index (χ4n) is 2.27. The fraction of sp³-hybridized carbons (Fsp3) is 0.500. The first-order chi connectivity index (χ1) is 8.61. The largest absolute Gasteiger partial charge is 0.497 e. The summed E-state index contributed by atoms with van der Waals surface area (Å²) in [6.45, 7) is 2.76. The molecule has 2 atom stereocenters. The molecule has 0 saturated heterocycles. The zero-order chi connectivity index (χ0) is 13.1. The van der Waals surface area contributed by atoms with Crippen molar-refractivity contribution in [2.24, 2.45) is 5.73 Å². The van der Waals surface area contributed by atoms with Crippen LogP contribution in [0.3, 0.4) is 0 Å². The van der Waals surface area contributed by atoms with Crippen LogP contribution in [0.25, 0.3) is 0 Å². The van der Waals surface area contributed by atoms with E-state index in [0.717, 1.165) is 12.3 Å². The van der Waals surface area contributed by atoms with Crippen LogP contribution in [0.5, 0.6) is 5.75 Å². The molecule has 1 aromatic rings. The Hall–Kier alpha value is -1.55. The van der Waals surface area contributed by atoms with Gasteiger partial charge in [-0.2, -0.15) is 0 Å². The van der Waals surface area contributed by atoms with Crippen molar-refractivity contribution in [3.8, 4) is 5.75 Å². The minimum atomic E-state index is -0.217. The number of benzene rings is 1. The van der Waals surface area contributed by atoms with Gasteiger partial charge >= 0.3 is 0 Å². The Morgan fingerprint density at radius 1 is 1.44 bits per heavy atom. The molecule has 1 amide bonds. The molecule has 4 nitrogen and oxygen atoms in total. The van der Waals surface area contributed by atoms with E-state index in [0.29, 0.717) is 6.04 Å². The maximum absolute atomic E-state index is 11.3. The minimum Gasteiger partial charge on any atom is -0.497 e. The Balaban J connectivity index is 2.05. The molecule has 1 aromatic carbocycles. The van der Waals surface area contributed by atoms with Gasteiger partial charge in [-0.1, -0.05) is 0 Å². The lowest BCUT2D eigenvalue weighted by Crippen LogP contribution is -3.16. The number of hydrogen-bond acceptors (Lipinski definition) is 2. The van der Waals surface area contributed by atoms with E-state index in [9.17, 15) is 4.79 Å². The van der Waals surface area contributed by atoms with Gasteiger partial charge in [0, 0.05) is 18.4 Å². The summed E-state index contributed by atoms with van der Waals surface area (Å²) in [6, 6.07) is 8.47. The highest BCUT2D eigenvalue weighted by molar-refractivity contribution is 5.77. The molecule has 0 spiro atoms. The first-order valence-electron chi connectivity index (χ1n) is 6.39. The van der Waals surface area contributed by atoms with Crippen LogP contribution < -0.4 is 15.4 Å². The highest BCUT2D eigenvalue weighted by atomic mass is 16.5. The number of nitrogens with two attached hydrogens (primary N) is 1. The molecule has 0 heterocycles. The third kappa shape index (κ3) is 3.01. The van der Waals surface area contributed by atoms with Crippen LogP contribution in [0.2, 0.25) is 0 Å². The Labute approximate surface area is 108 Å². The Kier molecular flexibility index (Phi) is 3.87. The molecule has 18 heavy (non-hydrogen) atoms. The van der Waals surface area contributed by atoms with Crippen LogP contribution in [-0.4, -0.2) is 25.1 Å². The lowest BCUT2D eigenvalue weighted by Gasteiger charge is -2.24. The van der Waals surface area contributed by atoms with E-state index in [2.05, 4.69) is 12.1 Å². The summed E-state index contributed by atoms with van der Waals surface area (Å²) < 4.78 is 5.14. The maximum atomic E-state index is 11.3. The van der Waals surface area contributed by atoms with Crippen molar-refractivity contribution in [1.29, 1.82) is 0 Å². The molecule has 0 bridgehead atoms. The van der Waals surface area contributed by atoms with Crippen molar-refractivity contribution in [3.63, 3.8) is 0 Å². The lowest BCUT2D eigenvalue weighted by molar-refractivity contribution is -0.938. The average Bonchev–Trinajstić information content (AvgIpc) is 3.20. The van der Waals surface area contributed by atoms with E-state index in [-0.39, 0.29) is 11.9 Å². The number of primary amides is 1. The molecule has 2 rings (SSSR count). The molecule has 0 aliphatic heterocycles. The number of hydrogen-bond donors (Lipinski definition) is 2. The van der Waals surface area contributed by atoms with Crippen LogP contribution in [-0.2, 0) is 11.3 Å². The van der Waals surface area contributed by atoms with Crippen LogP contribution in [0.15, 0.2) is 24.3 Å². The van der Waals surface area contributed by atoms with Gasteiger partial charge in [0.1, 0.15) is 12.3 Å². The highest BCUT2D eigenvalue weighted by Crippen LogP contribution is 2.17. The molecule has 1 aliphatic carbocycles. The summed E-state index contributed by atoms with van der Waals surface area (Å²) in [6.07, 6.45) is 2.40. The third-order valence-corrected chi connectivity index (χ3v) is 3.65. The van der Waals surface area contributed by atoms with Crippen molar-refractivity contribution in [3.05, 3.63) is 29.8 Å². The number of carbonyl (C=O) groups excluding carboxylic acids is 1. The zero-order valence-corrected chi connectivity index (χ0v) is 11.0. The lowest BCUT2D eigenvalue weighted by atomic mass is 10.1. The second kappa shape index (κ2) is 5.40. The molecule has 0 aromatic heterocycles. The van der Waals surface area contributed by atoms with Crippen molar-refractivity contribution in [1.82, 2.24) is 0 Å². The number of ether oxygens (including phenoxy) is 1. The first-order valence-corrected chi connectivity index (χ1v) is 6.39. The summed E-state index contributed by atoms with van der Waals surface area (Å²) in [5.41, 5.74) is 6.64. The maximum Gasteiger partial charge on any atom is 0.275 e. The van der Waals surface area contributed by atoms with Gasteiger partial charge in [-0.3, -0.25) is 4.79 Å². The van der Waals surface area contributed by atoms with Gasteiger partial charge in [0.2, 0.25) is 0 Å². The number of nitrogens with one attached hydrogen (secondary N) is 1. The monoisotopic (exact) mass is 249 g/mol. The van der Waals surface area contributed by atoms with E-state index in [1.54, 1.807) is 7.11 Å². The van der Waals surface area contributed by atoms with Gasteiger partial charge in [-0.15, -0.1) is 0 Å². The number of quaternary nitrogens is 1. The molecule has 1 unspecified atom stereocenters. The molecular weight excluding hydrogens is 228 g/mol. The normalized spacial score (nSPS) is 18.1. The number of methoxy groups -OCH3 is 1. The van der Waals surface area contributed by atoms with E-state index < -0.39 is 0 Å². The van der Waals surface area contributed by atoms with Crippen molar-refractivity contribution in [2.45, 2.75) is 38.4 Å². The van der Waals surface area contributed by atoms with Gasteiger partial charge in [0.05, 0.1) is 13.2 Å². The second-order valence-electron chi connectivity index (χ2n) is 5.00. The molecule has 1 saturated carbocycles. The standard InChI is InChI=1S/C14H20N2O2/c1-10(14(15)17)16(12-5-6-12)9-11-3-7-13(18-2)8-4-11/h3-4,7-8,10,12H,5-6,9H2,1-2H3,(H2,15,17)/p+1/t10-/m1/s1. The SMILES string of the molecule is COc1ccc(C[NH+](C2CC2)[C@H](C)C(N)=O)cc1. The van der Waals surface area contributed by atoms with Gasteiger partial charge < -0.3 is 15.4 Å². The van der Waals surface area contributed by atoms with Crippen molar-refractivity contribution < 1.29 is 14.4 Å². The second-order valence-corrected chi connectivity index (χ2v) is 5.00. The van der Waals surface area contributed by atoms with Crippen molar-refractivity contribution in [2.75, 3.05) is 7.11 Å². The molecule has 0 radical (unpaired) electrons. The molecular formula is C14H21N2O2+. The van der Waals surface area contributed by atoms with Crippen LogP contribution in [0.1, 0.15) is 25.3 Å². The van der Waals surface area contributed by atoms with E-state index in [4.69, 9.17) is 10.5 Å². The predicted molar refractivity (Wildman–Crippen MR) is 69.3 cm³/mol. The summed E-state index contributed by atoms with van der Waals surface area (Å²) in [4.78, 5) is 12.6. The van der Waals surface area contributed by atoms with Gasteiger partial charge in [-0.25, -0.2) is 0 Å². The molecule has 1 aliphatic rings. The van der Waals surface area contributed by atoms with E-state index >= 15 is 0 Å². The van der Waals surface area contributed by atoms with Crippen LogP contribution in [0.4, 0.5) is 0 Å². The van der Waals surface area contributed by atoms with Crippen LogP contribution >= 0.6 is 0 Å². The number of rotatable bonds is 6. The average molecular weight is 249 g/mol. The molecule has 1 fully saturated rings. The van der Waals surface area contributed by atoms with Gasteiger partial charge in [0.25, 0.3) is 5.91 Å². The molecule has 98 valence electrons. The summed E-state index contributed by atoms with van der Waals surface area (Å²) in [7, 11) is 1.66. The van der Waals surface area contributed by atoms with Gasteiger partial charge in [-0.05, 0) is 31.2 Å². The predicted octanol–water partition coefficient (Wildman–Crippen LogP) is 0.116. The number of carbonyl (C=O) groups is 1. The third-order valence-electron chi connectivity index (χ3n) is 3.65. The summed E-state index contributed by atoms with van der Waals surface area (Å²) in [5, 5.41) is 0. The molecule has 3 N–H and O–H groups in total. The van der Waals surface area contributed by atoms with E-state index in [1.165, 1.54) is 23.3 Å².